The van der Waals surface area contributed by atoms with Crippen LogP contribution >= 0.6 is 11.8 Å². The summed E-state index contributed by atoms with van der Waals surface area (Å²) in [4.78, 5) is 15.5. The van der Waals surface area contributed by atoms with Crippen LogP contribution in [0, 0.1) is 0 Å². The van der Waals surface area contributed by atoms with Gasteiger partial charge in [-0.2, -0.15) is 0 Å². The van der Waals surface area contributed by atoms with Crippen molar-refractivity contribution in [2.75, 3.05) is 0 Å². The van der Waals surface area contributed by atoms with Crippen LogP contribution in [0.25, 0.3) is 22.0 Å². The van der Waals surface area contributed by atoms with Gasteiger partial charge in [-0.05, 0) is 41.0 Å². The van der Waals surface area contributed by atoms with Gasteiger partial charge < -0.3 is 5.11 Å². The summed E-state index contributed by atoms with van der Waals surface area (Å²) in [7, 11) is 0. The molecule has 1 aromatic heterocycles. The molecule has 0 saturated heterocycles. The first kappa shape index (κ1) is 17.5. The molecule has 3 rings (SSSR count). The molecule has 25 heavy (non-hydrogen) atoms. The van der Waals surface area contributed by atoms with Gasteiger partial charge in [0.05, 0.1) is 10.7 Å². The number of thioether (sulfide) groups is 1. The van der Waals surface area contributed by atoms with E-state index in [0.29, 0.717) is 11.7 Å². The van der Waals surface area contributed by atoms with Crippen molar-refractivity contribution < 1.29 is 9.90 Å². The van der Waals surface area contributed by atoms with Crippen LogP contribution in [0.3, 0.4) is 0 Å². The van der Waals surface area contributed by atoms with E-state index in [0.717, 1.165) is 32.6 Å². The molecule has 0 bridgehead atoms. The number of carboxylic acids is 1. The van der Waals surface area contributed by atoms with Gasteiger partial charge in [0.2, 0.25) is 0 Å². The average Bonchev–Trinajstić information content (AvgIpc) is 2.59. The van der Waals surface area contributed by atoms with Crippen LogP contribution in [0.4, 0.5) is 0 Å². The van der Waals surface area contributed by atoms with E-state index >= 15 is 0 Å². The van der Waals surface area contributed by atoms with Crippen LogP contribution in [0.2, 0.25) is 0 Å². The number of aryl methyl sites for hydroxylation is 1. The summed E-state index contributed by atoms with van der Waals surface area (Å²) < 4.78 is 0. The summed E-state index contributed by atoms with van der Waals surface area (Å²) in [5.74, 6) is -0.763. The topological polar surface area (TPSA) is 50.2 Å². The number of rotatable bonds is 6. The van der Waals surface area contributed by atoms with Gasteiger partial charge in [0, 0.05) is 17.2 Å². The van der Waals surface area contributed by atoms with Crippen molar-refractivity contribution in [3.63, 3.8) is 0 Å². The highest BCUT2D eigenvalue weighted by Gasteiger charge is 2.06. The van der Waals surface area contributed by atoms with Crippen molar-refractivity contribution in [1.29, 1.82) is 0 Å². The Balaban J connectivity index is 1.88. The van der Waals surface area contributed by atoms with Crippen LogP contribution < -0.4 is 0 Å². The molecule has 0 aliphatic heterocycles. The lowest BCUT2D eigenvalue weighted by Crippen LogP contribution is -1.97. The van der Waals surface area contributed by atoms with Crippen molar-refractivity contribution in [2.45, 2.75) is 37.0 Å². The largest absolute Gasteiger partial charge is 0.481 e. The maximum atomic E-state index is 10.7. The zero-order valence-corrected chi connectivity index (χ0v) is 15.2. The van der Waals surface area contributed by atoms with Crippen molar-refractivity contribution in [3.8, 4) is 11.3 Å². The normalized spacial score (nSPS) is 11.2. The summed E-state index contributed by atoms with van der Waals surface area (Å²) in [6, 6.07) is 18.6. The van der Waals surface area contributed by atoms with Gasteiger partial charge in [-0.15, -0.1) is 11.8 Å². The highest BCUT2D eigenvalue weighted by molar-refractivity contribution is 7.99. The lowest BCUT2D eigenvalue weighted by atomic mass is 10.0. The van der Waals surface area contributed by atoms with Crippen LogP contribution in [-0.2, 0) is 11.2 Å². The number of aromatic nitrogens is 1. The maximum Gasteiger partial charge on any atom is 0.303 e. The third-order valence-corrected chi connectivity index (χ3v) is 4.85. The molecule has 4 heteroatoms. The van der Waals surface area contributed by atoms with Crippen LogP contribution in [0.15, 0.2) is 59.6 Å². The van der Waals surface area contributed by atoms with E-state index in [9.17, 15) is 4.79 Å². The van der Waals surface area contributed by atoms with E-state index in [1.807, 2.05) is 24.3 Å². The number of carbonyl (C=O) groups is 1. The molecule has 0 unspecified atom stereocenters. The van der Waals surface area contributed by atoms with Gasteiger partial charge in [0.25, 0.3) is 0 Å². The average molecular weight is 351 g/mol. The van der Waals surface area contributed by atoms with Crippen molar-refractivity contribution in [2.24, 2.45) is 0 Å². The van der Waals surface area contributed by atoms with Gasteiger partial charge in [-0.3, -0.25) is 4.79 Å². The number of pyridine rings is 1. The molecule has 128 valence electrons. The first-order chi connectivity index (χ1) is 12.0. The van der Waals surface area contributed by atoms with Crippen molar-refractivity contribution >= 4 is 28.5 Å². The fourth-order valence-electron chi connectivity index (χ4n) is 2.74. The van der Waals surface area contributed by atoms with E-state index in [2.05, 4.69) is 44.2 Å². The van der Waals surface area contributed by atoms with Crippen LogP contribution in [0.5, 0.6) is 0 Å². The number of nitrogens with zero attached hydrogens (tertiary/aromatic N) is 1. The Morgan fingerprint density at radius 3 is 2.60 bits per heavy atom. The molecule has 0 aliphatic carbocycles. The first-order valence-electron chi connectivity index (χ1n) is 8.40. The minimum absolute atomic E-state index is 0.161. The van der Waals surface area contributed by atoms with Gasteiger partial charge in [0.1, 0.15) is 0 Å². The van der Waals surface area contributed by atoms with E-state index in [4.69, 9.17) is 10.1 Å². The number of aliphatic carboxylic acids is 1. The van der Waals surface area contributed by atoms with Crippen molar-refractivity contribution in [1.82, 2.24) is 4.98 Å². The Kier molecular flexibility index (Phi) is 5.39. The summed E-state index contributed by atoms with van der Waals surface area (Å²) in [5.41, 5.74) is 3.12. The smallest absolute Gasteiger partial charge is 0.303 e. The van der Waals surface area contributed by atoms with Gasteiger partial charge in [-0.1, -0.05) is 50.2 Å². The predicted molar refractivity (Wildman–Crippen MR) is 104 cm³/mol. The molecule has 0 atom stereocenters. The minimum Gasteiger partial charge on any atom is -0.481 e. The quantitative estimate of drug-likeness (QED) is 0.603. The van der Waals surface area contributed by atoms with E-state index in [-0.39, 0.29) is 6.42 Å². The predicted octanol–water partition coefficient (Wildman–Crippen LogP) is 5.42. The second-order valence-electron chi connectivity index (χ2n) is 6.32. The lowest BCUT2D eigenvalue weighted by molar-refractivity contribution is -0.136. The number of hydrogen-bond donors (Lipinski definition) is 1. The number of benzene rings is 2. The molecule has 2 aromatic carbocycles. The van der Waals surface area contributed by atoms with Gasteiger partial charge >= 0.3 is 5.97 Å². The number of hydrogen-bond acceptors (Lipinski definition) is 3. The summed E-state index contributed by atoms with van der Waals surface area (Å²) in [6.45, 7) is 4.33. The minimum atomic E-state index is -0.763. The molecule has 3 nitrogen and oxygen atoms in total. The molecule has 3 aromatic rings. The second kappa shape index (κ2) is 7.70. The van der Waals surface area contributed by atoms with Crippen molar-refractivity contribution in [3.05, 3.63) is 60.2 Å². The van der Waals surface area contributed by atoms with E-state index < -0.39 is 5.97 Å². The number of carboxylic acid groups (broad SMARTS) is 1. The van der Waals surface area contributed by atoms with Crippen LogP contribution in [0.1, 0.15) is 25.8 Å². The molecular formula is C21H21NO2S. The van der Waals surface area contributed by atoms with Gasteiger partial charge in [0.15, 0.2) is 0 Å². The molecule has 0 saturated carbocycles. The molecule has 0 spiro atoms. The monoisotopic (exact) mass is 351 g/mol. The van der Waals surface area contributed by atoms with E-state index in [1.165, 1.54) is 0 Å². The third kappa shape index (κ3) is 4.60. The standard InChI is InChI=1S/C21H21NO2S/c1-14(2)25-20-5-3-4-19(22-20)18-10-9-16-12-15(7-11-21(23)24)6-8-17(16)13-18/h3-6,8-10,12-14H,7,11H2,1-2H3,(H,23,24). The Bertz CT molecular complexity index is 905. The van der Waals surface area contributed by atoms with Crippen LogP contribution in [-0.4, -0.2) is 21.3 Å². The van der Waals surface area contributed by atoms with Gasteiger partial charge in [-0.25, -0.2) is 4.98 Å². The second-order valence-corrected chi connectivity index (χ2v) is 7.91. The first-order valence-corrected chi connectivity index (χ1v) is 9.28. The number of fused-ring (bicyclic) bond motifs is 1. The zero-order valence-electron chi connectivity index (χ0n) is 14.4. The Hall–Kier alpha value is -2.33. The lowest BCUT2D eigenvalue weighted by Gasteiger charge is -2.08. The summed E-state index contributed by atoms with van der Waals surface area (Å²) in [5, 5.41) is 12.6. The third-order valence-electron chi connectivity index (χ3n) is 3.91. The van der Waals surface area contributed by atoms with E-state index in [1.54, 1.807) is 11.8 Å². The molecule has 0 aliphatic rings. The fourth-order valence-corrected chi connectivity index (χ4v) is 3.54. The Morgan fingerprint density at radius 2 is 1.84 bits per heavy atom. The molecule has 0 radical (unpaired) electrons. The molecule has 0 fully saturated rings. The molecule has 1 heterocycles. The SMILES string of the molecule is CC(C)Sc1cccc(-c2ccc3cc(CCC(=O)O)ccc3c2)n1. The highest BCUT2D eigenvalue weighted by atomic mass is 32.2. The maximum absolute atomic E-state index is 10.7. The molecule has 0 amide bonds. The highest BCUT2D eigenvalue weighted by Crippen LogP contribution is 2.27. The Morgan fingerprint density at radius 1 is 1.08 bits per heavy atom. The molecule has 1 N–H and O–H groups in total. The Labute approximate surface area is 152 Å². The summed E-state index contributed by atoms with van der Waals surface area (Å²) in [6.07, 6.45) is 0.719. The molecular weight excluding hydrogens is 330 g/mol. The zero-order chi connectivity index (χ0) is 17.8. The fraction of sp³-hybridized carbons (Fsp3) is 0.238. The summed E-state index contributed by atoms with van der Waals surface area (Å²) >= 11 is 1.76.